The molecule has 3 nitrogen and oxygen atoms in total. The van der Waals surface area contributed by atoms with Crippen LogP contribution < -0.4 is 10.6 Å². The molecule has 0 saturated carbocycles. The van der Waals surface area contributed by atoms with E-state index < -0.39 is 11.6 Å². The Labute approximate surface area is 109 Å². The molecule has 19 heavy (non-hydrogen) atoms. The number of nitrogens with zero attached hydrogens (tertiary/aromatic N) is 1. The highest BCUT2D eigenvalue weighted by atomic mass is 19.1. The summed E-state index contributed by atoms with van der Waals surface area (Å²) >= 11 is 0. The largest absolute Gasteiger partial charge is 0.489 e. The highest BCUT2D eigenvalue weighted by Crippen LogP contribution is 2.17. The minimum Gasteiger partial charge on any atom is -0.489 e. The Morgan fingerprint density at radius 3 is 2.47 bits per heavy atom. The van der Waals surface area contributed by atoms with Gasteiger partial charge in [0.25, 0.3) is 0 Å². The number of hydrogen-bond donors (Lipinski definition) is 1. The maximum Gasteiger partial charge on any atom is 0.132 e. The molecule has 0 amide bonds. The molecule has 0 bridgehead atoms. The first-order chi connectivity index (χ1) is 9.20. The fourth-order valence-electron chi connectivity index (χ4n) is 1.60. The van der Waals surface area contributed by atoms with E-state index in [1.54, 1.807) is 24.3 Å². The topological polar surface area (TPSA) is 47.6 Å². The van der Waals surface area contributed by atoms with Gasteiger partial charge in [-0.3, -0.25) is 0 Å². The third-order valence-corrected chi connectivity index (χ3v) is 2.53. The third-order valence-electron chi connectivity index (χ3n) is 2.53. The molecular formula is C14H12F2N2O. The van der Waals surface area contributed by atoms with Crippen LogP contribution in [0.4, 0.5) is 8.78 Å². The van der Waals surface area contributed by atoms with Gasteiger partial charge >= 0.3 is 0 Å². The Balaban J connectivity index is 2.12. The summed E-state index contributed by atoms with van der Waals surface area (Å²) in [5.74, 6) is 4.28. The maximum absolute atomic E-state index is 13.4. The molecule has 0 aromatic heterocycles. The van der Waals surface area contributed by atoms with Gasteiger partial charge in [-0.1, -0.05) is 18.2 Å². The lowest BCUT2D eigenvalue weighted by Crippen LogP contribution is -2.02. The number of halogens is 2. The Bertz CT molecular complexity index is 579. The number of benzene rings is 2. The lowest BCUT2D eigenvalue weighted by molar-refractivity contribution is 0.292. The second-order valence-electron chi connectivity index (χ2n) is 3.84. The monoisotopic (exact) mass is 262 g/mol. The molecule has 0 radical (unpaired) electrons. The molecule has 0 spiro atoms. The lowest BCUT2D eigenvalue weighted by atomic mass is 10.2. The predicted octanol–water partition coefficient (Wildman–Crippen LogP) is 2.84. The molecule has 2 aromatic rings. The molecule has 2 aromatic carbocycles. The van der Waals surface area contributed by atoms with Crippen molar-refractivity contribution >= 4 is 6.21 Å². The van der Waals surface area contributed by atoms with Crippen molar-refractivity contribution in [1.29, 1.82) is 0 Å². The summed E-state index contributed by atoms with van der Waals surface area (Å²) < 4.78 is 32.1. The first kappa shape index (κ1) is 13.0. The number of nitrogens with two attached hydrogens (primary N) is 1. The molecule has 5 heteroatoms. The van der Waals surface area contributed by atoms with Gasteiger partial charge < -0.3 is 10.6 Å². The Kier molecular flexibility index (Phi) is 4.07. The van der Waals surface area contributed by atoms with Gasteiger partial charge in [-0.15, -0.1) is 0 Å². The van der Waals surface area contributed by atoms with Crippen LogP contribution in [0.3, 0.4) is 0 Å². The molecule has 0 fully saturated rings. The summed E-state index contributed by atoms with van der Waals surface area (Å²) in [4.78, 5) is 0. The zero-order valence-corrected chi connectivity index (χ0v) is 10.0. The summed E-state index contributed by atoms with van der Waals surface area (Å²) in [6, 6.07) is 10.6. The van der Waals surface area contributed by atoms with Crippen LogP contribution in [0.5, 0.6) is 5.75 Å². The van der Waals surface area contributed by atoms with Gasteiger partial charge in [-0.25, -0.2) is 8.78 Å². The summed E-state index contributed by atoms with van der Waals surface area (Å²) in [5.41, 5.74) is 0.648. The van der Waals surface area contributed by atoms with E-state index in [1.807, 2.05) is 0 Å². The second-order valence-corrected chi connectivity index (χ2v) is 3.84. The summed E-state index contributed by atoms with van der Waals surface area (Å²) in [7, 11) is 0. The van der Waals surface area contributed by atoms with Crippen LogP contribution >= 0.6 is 0 Å². The van der Waals surface area contributed by atoms with E-state index in [0.29, 0.717) is 5.75 Å². The first-order valence-electron chi connectivity index (χ1n) is 5.59. The first-order valence-corrected chi connectivity index (χ1v) is 5.59. The van der Waals surface area contributed by atoms with Gasteiger partial charge in [-0.05, 0) is 29.8 Å². The average Bonchev–Trinajstić information content (AvgIpc) is 2.39. The summed E-state index contributed by atoms with van der Waals surface area (Å²) in [6.45, 7) is -0.179. The van der Waals surface area contributed by atoms with Crippen molar-refractivity contribution < 1.29 is 13.5 Å². The summed E-state index contributed by atoms with van der Waals surface area (Å²) in [5, 5.41) is 3.39. The van der Waals surface area contributed by atoms with Gasteiger partial charge in [0.1, 0.15) is 24.0 Å². The SMILES string of the molecule is NN=Cc1cccc(OCc2c(F)cccc2F)c1. The molecule has 0 unspecified atom stereocenters. The molecule has 0 aliphatic heterocycles. The van der Waals surface area contributed by atoms with Crippen molar-refractivity contribution in [3.05, 3.63) is 65.2 Å². The number of ether oxygens (including phenoxy) is 1. The highest BCUT2D eigenvalue weighted by molar-refractivity contribution is 5.79. The Morgan fingerprint density at radius 2 is 1.79 bits per heavy atom. The second kappa shape index (κ2) is 5.95. The maximum atomic E-state index is 13.4. The van der Waals surface area contributed by atoms with E-state index in [1.165, 1.54) is 24.4 Å². The molecule has 0 atom stereocenters. The number of rotatable bonds is 4. The quantitative estimate of drug-likeness (QED) is 0.523. The zero-order chi connectivity index (χ0) is 13.7. The van der Waals surface area contributed by atoms with E-state index in [9.17, 15) is 8.78 Å². The van der Waals surface area contributed by atoms with E-state index in [2.05, 4.69) is 5.10 Å². The van der Waals surface area contributed by atoms with Crippen LogP contribution in [-0.2, 0) is 6.61 Å². The Hall–Kier alpha value is -2.43. The van der Waals surface area contributed by atoms with Crippen LogP contribution in [0.2, 0.25) is 0 Å². The molecule has 98 valence electrons. The molecule has 0 aliphatic carbocycles. The van der Waals surface area contributed by atoms with E-state index in [4.69, 9.17) is 10.6 Å². The van der Waals surface area contributed by atoms with Crippen molar-refractivity contribution in [3.8, 4) is 5.75 Å². The zero-order valence-electron chi connectivity index (χ0n) is 10.0. The van der Waals surface area contributed by atoms with Crippen molar-refractivity contribution in [2.24, 2.45) is 10.9 Å². The minimum atomic E-state index is -0.625. The van der Waals surface area contributed by atoms with E-state index in [-0.39, 0.29) is 12.2 Å². The summed E-state index contributed by atoms with van der Waals surface area (Å²) in [6.07, 6.45) is 1.45. The Morgan fingerprint density at radius 1 is 1.11 bits per heavy atom. The van der Waals surface area contributed by atoms with Gasteiger partial charge in [0, 0.05) is 0 Å². The van der Waals surface area contributed by atoms with Crippen LogP contribution in [0, 0.1) is 11.6 Å². The molecular weight excluding hydrogens is 250 g/mol. The van der Waals surface area contributed by atoms with Crippen LogP contribution in [0.15, 0.2) is 47.6 Å². The normalized spacial score (nSPS) is 10.8. The number of hydrazone groups is 1. The van der Waals surface area contributed by atoms with Crippen molar-refractivity contribution in [1.82, 2.24) is 0 Å². The van der Waals surface area contributed by atoms with Crippen LogP contribution in [0.1, 0.15) is 11.1 Å². The van der Waals surface area contributed by atoms with Crippen molar-refractivity contribution in [3.63, 3.8) is 0 Å². The minimum absolute atomic E-state index is 0.0969. The van der Waals surface area contributed by atoms with Gasteiger partial charge in [0.2, 0.25) is 0 Å². The fraction of sp³-hybridized carbons (Fsp3) is 0.0714. The van der Waals surface area contributed by atoms with E-state index in [0.717, 1.165) is 5.56 Å². The smallest absolute Gasteiger partial charge is 0.132 e. The number of hydrogen-bond acceptors (Lipinski definition) is 3. The predicted molar refractivity (Wildman–Crippen MR) is 68.9 cm³/mol. The van der Waals surface area contributed by atoms with Crippen LogP contribution in [-0.4, -0.2) is 6.21 Å². The molecule has 0 aliphatic rings. The third kappa shape index (κ3) is 3.28. The standard InChI is InChI=1S/C14H12F2N2O/c15-13-5-2-6-14(16)12(13)9-19-11-4-1-3-10(7-11)8-18-17/h1-8H,9,17H2. The lowest BCUT2D eigenvalue weighted by Gasteiger charge is -2.08. The molecule has 0 heterocycles. The molecule has 2 N–H and O–H groups in total. The highest BCUT2D eigenvalue weighted by Gasteiger charge is 2.08. The van der Waals surface area contributed by atoms with Gasteiger partial charge in [0.15, 0.2) is 0 Å². The van der Waals surface area contributed by atoms with Gasteiger partial charge in [-0.2, -0.15) is 5.10 Å². The molecule has 0 saturated heterocycles. The van der Waals surface area contributed by atoms with Crippen molar-refractivity contribution in [2.75, 3.05) is 0 Å². The van der Waals surface area contributed by atoms with Gasteiger partial charge in [0.05, 0.1) is 11.8 Å². The van der Waals surface area contributed by atoms with Crippen LogP contribution in [0.25, 0.3) is 0 Å². The molecule has 2 rings (SSSR count). The van der Waals surface area contributed by atoms with E-state index >= 15 is 0 Å². The fourth-order valence-corrected chi connectivity index (χ4v) is 1.60. The average molecular weight is 262 g/mol. The van der Waals surface area contributed by atoms with Crippen molar-refractivity contribution in [2.45, 2.75) is 6.61 Å².